The summed E-state index contributed by atoms with van der Waals surface area (Å²) < 4.78 is 6.69. The number of aromatic nitrogens is 5. The van der Waals surface area contributed by atoms with Crippen LogP contribution in [0.15, 0.2) is 43.0 Å². The first-order valence-electron chi connectivity index (χ1n) is 6.62. The number of aryl methyl sites for hydroxylation is 1. The Morgan fingerprint density at radius 1 is 1.25 bits per heavy atom. The lowest BCUT2D eigenvalue weighted by molar-refractivity contribution is -0.482. The SMILES string of the molecule is Cn1c2cccnc2[n+]2cc3n(c12)Cc1ccncc1-3. The summed E-state index contributed by atoms with van der Waals surface area (Å²) in [7, 11) is 2.09. The molecule has 0 aromatic carbocycles. The molecule has 0 saturated heterocycles. The molecular formula is C15H12N5+. The Kier molecular flexibility index (Phi) is 1.65. The fourth-order valence-electron chi connectivity index (χ4n) is 3.26. The third kappa shape index (κ3) is 1.02. The quantitative estimate of drug-likeness (QED) is 0.397. The number of hydrogen-bond acceptors (Lipinski definition) is 2. The van der Waals surface area contributed by atoms with Crippen LogP contribution in [0.25, 0.3) is 28.2 Å². The van der Waals surface area contributed by atoms with Crippen LogP contribution < -0.4 is 4.40 Å². The van der Waals surface area contributed by atoms with Crippen molar-refractivity contribution in [3.63, 3.8) is 0 Å². The van der Waals surface area contributed by atoms with Gasteiger partial charge >= 0.3 is 5.78 Å². The highest BCUT2D eigenvalue weighted by atomic mass is 15.3. The maximum atomic E-state index is 4.51. The fourth-order valence-corrected chi connectivity index (χ4v) is 3.26. The number of hydrogen-bond donors (Lipinski definition) is 0. The summed E-state index contributed by atoms with van der Waals surface area (Å²) in [6, 6.07) is 6.18. The first-order chi connectivity index (χ1) is 9.84. The van der Waals surface area contributed by atoms with Crippen molar-refractivity contribution in [2.24, 2.45) is 7.05 Å². The highest BCUT2D eigenvalue weighted by Crippen LogP contribution is 2.32. The molecule has 0 fully saturated rings. The smallest absolute Gasteiger partial charge is 0.264 e. The first kappa shape index (κ1) is 10.1. The first-order valence-corrected chi connectivity index (χ1v) is 6.62. The van der Waals surface area contributed by atoms with E-state index in [2.05, 4.69) is 48.9 Å². The number of imidazole rings is 2. The lowest BCUT2D eigenvalue weighted by Gasteiger charge is -1.94. The molecule has 0 radical (unpaired) electrons. The van der Waals surface area contributed by atoms with Gasteiger partial charge in [0.15, 0.2) is 5.52 Å². The van der Waals surface area contributed by atoms with Crippen LogP contribution in [0.1, 0.15) is 5.56 Å². The van der Waals surface area contributed by atoms with Crippen molar-refractivity contribution in [1.29, 1.82) is 0 Å². The molecule has 0 aliphatic carbocycles. The van der Waals surface area contributed by atoms with Crippen LogP contribution in [0.5, 0.6) is 0 Å². The van der Waals surface area contributed by atoms with Crippen LogP contribution in [0.2, 0.25) is 0 Å². The van der Waals surface area contributed by atoms with Crippen LogP contribution in [0.3, 0.4) is 0 Å². The van der Waals surface area contributed by atoms with Gasteiger partial charge in [0.25, 0.3) is 5.65 Å². The van der Waals surface area contributed by atoms with Gasteiger partial charge in [-0.1, -0.05) is 0 Å². The molecule has 5 rings (SSSR count). The zero-order chi connectivity index (χ0) is 13.3. The molecule has 4 aromatic rings. The predicted molar refractivity (Wildman–Crippen MR) is 74.2 cm³/mol. The molecule has 0 N–H and O–H groups in total. The van der Waals surface area contributed by atoms with Crippen LogP contribution in [0, 0.1) is 0 Å². The van der Waals surface area contributed by atoms with Gasteiger partial charge in [0, 0.05) is 25.0 Å². The van der Waals surface area contributed by atoms with E-state index in [0.717, 1.165) is 23.5 Å². The van der Waals surface area contributed by atoms with E-state index in [0.29, 0.717) is 0 Å². The Labute approximate surface area is 114 Å². The molecule has 20 heavy (non-hydrogen) atoms. The van der Waals surface area contributed by atoms with Crippen molar-refractivity contribution >= 4 is 16.9 Å². The Morgan fingerprint density at radius 3 is 3.15 bits per heavy atom. The average Bonchev–Trinajstić information content (AvgIpc) is 3.09. The topological polar surface area (TPSA) is 39.7 Å². The maximum Gasteiger partial charge on any atom is 0.329 e. The second-order valence-corrected chi connectivity index (χ2v) is 5.21. The molecule has 5 nitrogen and oxygen atoms in total. The molecule has 0 unspecified atom stereocenters. The second-order valence-electron chi connectivity index (χ2n) is 5.21. The fraction of sp³-hybridized carbons (Fsp3) is 0.133. The van der Waals surface area contributed by atoms with Gasteiger partial charge in [-0.2, -0.15) is 4.40 Å². The van der Waals surface area contributed by atoms with Gasteiger partial charge in [0.2, 0.25) is 0 Å². The van der Waals surface area contributed by atoms with Gasteiger partial charge in [0.1, 0.15) is 5.69 Å². The molecule has 0 bridgehead atoms. The summed E-state index contributed by atoms with van der Waals surface area (Å²) in [6.07, 6.45) is 7.81. The standard InChI is InChI=1S/C15H12N5/c1-18-12-3-2-5-17-14(12)20-9-13-11-7-16-6-4-10(11)8-19(13)15(18)20/h2-7,9H,8H2,1H3/q+1. The number of nitrogens with zero attached hydrogens (tertiary/aromatic N) is 5. The van der Waals surface area contributed by atoms with Crippen molar-refractivity contribution in [1.82, 2.24) is 19.1 Å². The molecule has 0 spiro atoms. The second kappa shape index (κ2) is 3.25. The Morgan fingerprint density at radius 2 is 2.20 bits per heavy atom. The maximum absolute atomic E-state index is 4.51. The zero-order valence-electron chi connectivity index (χ0n) is 11.0. The largest absolute Gasteiger partial charge is 0.329 e. The molecule has 5 heterocycles. The van der Waals surface area contributed by atoms with E-state index in [9.17, 15) is 0 Å². The van der Waals surface area contributed by atoms with E-state index >= 15 is 0 Å². The van der Waals surface area contributed by atoms with E-state index in [1.165, 1.54) is 16.8 Å². The van der Waals surface area contributed by atoms with Gasteiger partial charge in [-0.3, -0.25) is 4.98 Å². The van der Waals surface area contributed by atoms with E-state index in [4.69, 9.17) is 0 Å². The van der Waals surface area contributed by atoms with Crippen LogP contribution >= 0.6 is 0 Å². The highest BCUT2D eigenvalue weighted by Gasteiger charge is 2.29. The van der Waals surface area contributed by atoms with E-state index in [1.807, 2.05) is 24.7 Å². The summed E-state index contributed by atoms with van der Waals surface area (Å²) in [5.41, 5.74) is 5.91. The van der Waals surface area contributed by atoms with Gasteiger partial charge < -0.3 is 0 Å². The third-order valence-corrected chi connectivity index (χ3v) is 4.17. The lowest BCUT2D eigenvalue weighted by atomic mass is 10.1. The molecular weight excluding hydrogens is 250 g/mol. The van der Waals surface area contributed by atoms with Crippen LogP contribution in [-0.4, -0.2) is 19.1 Å². The van der Waals surface area contributed by atoms with Crippen LogP contribution in [-0.2, 0) is 13.6 Å². The Bertz CT molecular complexity index is 992. The van der Waals surface area contributed by atoms with Crippen LogP contribution in [0.4, 0.5) is 0 Å². The minimum absolute atomic E-state index is 0.897. The number of pyridine rings is 2. The number of rotatable bonds is 0. The Balaban J connectivity index is 1.97. The van der Waals surface area contributed by atoms with Crippen molar-refractivity contribution in [2.75, 3.05) is 0 Å². The minimum Gasteiger partial charge on any atom is -0.264 e. The van der Waals surface area contributed by atoms with Crippen molar-refractivity contribution in [3.8, 4) is 11.3 Å². The molecule has 4 aromatic heterocycles. The predicted octanol–water partition coefficient (Wildman–Crippen LogP) is 1.54. The van der Waals surface area contributed by atoms with Crippen molar-refractivity contribution in [2.45, 2.75) is 6.54 Å². The average molecular weight is 262 g/mol. The molecule has 1 aliphatic rings. The summed E-state index contributed by atoms with van der Waals surface area (Å²) >= 11 is 0. The normalized spacial score (nSPS) is 13.1. The lowest BCUT2D eigenvalue weighted by Crippen LogP contribution is -2.19. The summed E-state index contributed by atoms with van der Waals surface area (Å²) in [5, 5.41) is 0. The van der Waals surface area contributed by atoms with Gasteiger partial charge in [-0.15, -0.1) is 4.98 Å². The molecule has 1 aliphatic heterocycles. The van der Waals surface area contributed by atoms with Crippen molar-refractivity contribution < 1.29 is 4.40 Å². The van der Waals surface area contributed by atoms with Gasteiger partial charge in [0.05, 0.1) is 18.9 Å². The summed E-state index contributed by atoms with van der Waals surface area (Å²) in [6.45, 7) is 0.897. The number of fused-ring (bicyclic) bond motifs is 7. The molecule has 0 saturated carbocycles. The van der Waals surface area contributed by atoms with Gasteiger partial charge in [-0.05, 0) is 23.8 Å². The molecule has 5 heteroatoms. The zero-order valence-corrected chi connectivity index (χ0v) is 11.0. The molecule has 0 atom stereocenters. The molecule has 0 amide bonds. The summed E-state index contributed by atoms with van der Waals surface area (Å²) in [5.74, 6) is 1.16. The minimum atomic E-state index is 0.897. The van der Waals surface area contributed by atoms with Crippen molar-refractivity contribution in [3.05, 3.63) is 48.5 Å². The van der Waals surface area contributed by atoms with Gasteiger partial charge in [-0.25, -0.2) is 9.13 Å². The summed E-state index contributed by atoms with van der Waals surface area (Å²) in [4.78, 5) is 8.76. The monoisotopic (exact) mass is 262 g/mol. The highest BCUT2D eigenvalue weighted by molar-refractivity contribution is 5.74. The third-order valence-electron chi connectivity index (χ3n) is 4.17. The Hall–Kier alpha value is -2.69. The van der Waals surface area contributed by atoms with E-state index < -0.39 is 0 Å². The molecule has 96 valence electrons. The van der Waals surface area contributed by atoms with E-state index in [1.54, 1.807) is 0 Å². The van der Waals surface area contributed by atoms with E-state index in [-0.39, 0.29) is 0 Å².